The Hall–Kier alpha value is -1.85. The number of hydrogen-bond donors (Lipinski definition) is 2. The van der Waals surface area contributed by atoms with Crippen LogP contribution in [0.5, 0.6) is 0 Å². The fraction of sp³-hybridized carbons (Fsp3) is 0.706. The number of likely N-dealkylation sites (N-methyl/N-ethyl adjacent to an activating group) is 2. The molecule has 10 heteroatoms. The summed E-state index contributed by atoms with van der Waals surface area (Å²) in [6.07, 6.45) is 2.69. The van der Waals surface area contributed by atoms with Gasteiger partial charge in [0.25, 0.3) is 0 Å². The van der Waals surface area contributed by atoms with E-state index in [0.717, 1.165) is 19.6 Å². The largest absolute Gasteiger partial charge is 0.382 e. The Morgan fingerprint density at radius 3 is 2.96 bits per heavy atom. The Balaban J connectivity index is 1.68. The van der Waals surface area contributed by atoms with Crippen molar-refractivity contribution in [1.29, 1.82) is 0 Å². The van der Waals surface area contributed by atoms with Gasteiger partial charge in [0.1, 0.15) is 24.1 Å². The third-order valence-electron chi connectivity index (χ3n) is 5.12. The van der Waals surface area contributed by atoms with E-state index in [0.29, 0.717) is 23.6 Å². The lowest BCUT2D eigenvalue weighted by Gasteiger charge is -2.29. The first-order valence-electron chi connectivity index (χ1n) is 9.13. The van der Waals surface area contributed by atoms with Gasteiger partial charge in [-0.15, -0.1) is 0 Å². The molecule has 0 bridgehead atoms. The lowest BCUT2D eigenvalue weighted by molar-refractivity contribution is -0.205. The molecule has 2 aromatic heterocycles. The van der Waals surface area contributed by atoms with Crippen molar-refractivity contribution in [3.8, 4) is 0 Å². The van der Waals surface area contributed by atoms with Crippen molar-refractivity contribution in [3.05, 3.63) is 12.7 Å². The standard InChI is InChI=1S/C17H27N7O3/c1-16(2)26-13-11(7-23(4)6-5-19-3)25-8-17(13,27-16)24-10-22-12-14(18)20-9-21-15(12)24/h9-11,13,19H,5-8H2,1-4H3,(H2,18,20,21)/t11-,13-,17+/m1/s1. The molecule has 27 heavy (non-hydrogen) atoms. The van der Waals surface area contributed by atoms with Crippen LogP contribution in [0.4, 0.5) is 5.82 Å². The van der Waals surface area contributed by atoms with Crippen molar-refractivity contribution >= 4 is 17.0 Å². The average molecular weight is 377 g/mol. The normalized spacial score (nSPS) is 29.7. The van der Waals surface area contributed by atoms with Crippen LogP contribution in [0, 0.1) is 0 Å². The minimum atomic E-state index is -0.840. The van der Waals surface area contributed by atoms with Crippen LogP contribution in [0.3, 0.4) is 0 Å². The lowest BCUT2D eigenvalue weighted by Crippen LogP contribution is -2.46. The maximum atomic E-state index is 6.39. The van der Waals surface area contributed by atoms with Gasteiger partial charge in [0.05, 0.1) is 12.9 Å². The lowest BCUT2D eigenvalue weighted by atomic mass is 10.0. The molecule has 0 radical (unpaired) electrons. The van der Waals surface area contributed by atoms with Crippen LogP contribution in [0.25, 0.3) is 11.2 Å². The van der Waals surface area contributed by atoms with Crippen LogP contribution in [0.2, 0.25) is 0 Å². The molecule has 3 atom stereocenters. The highest BCUT2D eigenvalue weighted by molar-refractivity contribution is 5.81. The fourth-order valence-electron chi connectivity index (χ4n) is 3.93. The zero-order valence-corrected chi connectivity index (χ0v) is 16.2. The van der Waals surface area contributed by atoms with Crippen LogP contribution in [-0.2, 0) is 19.9 Å². The molecule has 2 fully saturated rings. The molecule has 2 aliphatic heterocycles. The molecule has 0 aliphatic carbocycles. The smallest absolute Gasteiger partial charge is 0.203 e. The molecule has 0 spiro atoms. The first-order valence-corrected chi connectivity index (χ1v) is 9.13. The maximum Gasteiger partial charge on any atom is 0.203 e. The maximum absolute atomic E-state index is 6.39. The molecule has 3 N–H and O–H groups in total. The van der Waals surface area contributed by atoms with Gasteiger partial charge in [-0.05, 0) is 27.9 Å². The average Bonchev–Trinajstić information content (AvgIpc) is 3.25. The van der Waals surface area contributed by atoms with E-state index in [9.17, 15) is 0 Å². The first-order chi connectivity index (χ1) is 12.9. The minimum absolute atomic E-state index is 0.134. The highest BCUT2D eigenvalue weighted by atomic mass is 16.8. The molecular weight excluding hydrogens is 350 g/mol. The van der Waals surface area contributed by atoms with Gasteiger partial charge in [-0.3, -0.25) is 4.57 Å². The summed E-state index contributed by atoms with van der Waals surface area (Å²) in [5.74, 6) is -0.405. The molecule has 2 aromatic rings. The molecule has 4 heterocycles. The predicted octanol–water partition coefficient (Wildman–Crippen LogP) is -0.237. The van der Waals surface area contributed by atoms with E-state index < -0.39 is 11.5 Å². The second-order valence-corrected chi connectivity index (χ2v) is 7.65. The highest BCUT2D eigenvalue weighted by Gasteiger charge is 2.63. The van der Waals surface area contributed by atoms with Crippen molar-refractivity contribution < 1.29 is 14.2 Å². The van der Waals surface area contributed by atoms with Gasteiger partial charge in [0.15, 0.2) is 17.3 Å². The third-order valence-corrected chi connectivity index (χ3v) is 5.12. The Morgan fingerprint density at radius 2 is 2.19 bits per heavy atom. The number of nitrogens with zero attached hydrogens (tertiary/aromatic N) is 5. The number of hydrogen-bond acceptors (Lipinski definition) is 9. The number of nitrogens with one attached hydrogen (secondary N) is 1. The third kappa shape index (κ3) is 3.07. The van der Waals surface area contributed by atoms with E-state index in [4.69, 9.17) is 19.9 Å². The summed E-state index contributed by atoms with van der Waals surface area (Å²) in [6, 6.07) is 0. The van der Waals surface area contributed by atoms with E-state index in [1.165, 1.54) is 6.33 Å². The van der Waals surface area contributed by atoms with Gasteiger partial charge in [0.2, 0.25) is 5.72 Å². The number of nitrogens with two attached hydrogens (primary N) is 1. The van der Waals surface area contributed by atoms with Crippen LogP contribution in [-0.4, -0.2) is 82.8 Å². The molecule has 0 amide bonds. The zero-order chi connectivity index (χ0) is 19.2. The molecule has 0 saturated carbocycles. The van der Waals surface area contributed by atoms with E-state index >= 15 is 0 Å². The summed E-state index contributed by atoms with van der Waals surface area (Å²) < 4.78 is 20.7. The number of imidazole rings is 1. The Bertz CT molecular complexity index is 826. The second kappa shape index (κ2) is 6.64. The number of rotatable bonds is 6. The SMILES string of the molecule is CNCCN(C)C[C@H]1OC[C@]2(n3cnc4c(N)ncnc43)OC(C)(C)O[C@H]12. The summed E-state index contributed by atoms with van der Waals surface area (Å²) in [5.41, 5.74) is 6.28. The van der Waals surface area contributed by atoms with E-state index in [1.54, 1.807) is 6.33 Å². The van der Waals surface area contributed by atoms with Crippen LogP contribution >= 0.6 is 0 Å². The van der Waals surface area contributed by atoms with E-state index in [-0.39, 0.29) is 12.2 Å². The zero-order valence-electron chi connectivity index (χ0n) is 16.2. The quantitative estimate of drug-likeness (QED) is 0.704. The minimum Gasteiger partial charge on any atom is -0.382 e. The summed E-state index contributed by atoms with van der Waals surface area (Å²) >= 11 is 0. The summed E-state index contributed by atoms with van der Waals surface area (Å²) in [7, 11) is 4.02. The van der Waals surface area contributed by atoms with E-state index in [2.05, 4.69) is 32.2 Å². The molecule has 2 saturated heterocycles. The van der Waals surface area contributed by atoms with Gasteiger partial charge < -0.3 is 30.2 Å². The molecule has 10 nitrogen and oxygen atoms in total. The first kappa shape index (κ1) is 18.5. The summed E-state index contributed by atoms with van der Waals surface area (Å²) in [6.45, 7) is 6.73. The number of nitrogen functional groups attached to an aromatic ring is 1. The number of anilines is 1. The van der Waals surface area contributed by atoms with E-state index in [1.807, 2.05) is 25.5 Å². The van der Waals surface area contributed by atoms with Crippen molar-refractivity contribution in [2.45, 2.75) is 37.6 Å². The summed E-state index contributed by atoms with van der Waals surface area (Å²) in [5, 5.41) is 3.16. The monoisotopic (exact) mass is 377 g/mol. The van der Waals surface area contributed by atoms with Gasteiger partial charge in [-0.1, -0.05) is 0 Å². The Kier molecular flexibility index (Phi) is 4.55. The molecule has 4 rings (SSSR count). The predicted molar refractivity (Wildman–Crippen MR) is 98.9 cm³/mol. The second-order valence-electron chi connectivity index (χ2n) is 7.65. The number of aromatic nitrogens is 4. The van der Waals surface area contributed by atoms with Crippen molar-refractivity contribution in [3.63, 3.8) is 0 Å². The molecule has 2 aliphatic rings. The van der Waals surface area contributed by atoms with Gasteiger partial charge >= 0.3 is 0 Å². The fourth-order valence-corrected chi connectivity index (χ4v) is 3.93. The van der Waals surface area contributed by atoms with Crippen LogP contribution < -0.4 is 11.1 Å². The number of ether oxygens (including phenoxy) is 3. The Morgan fingerprint density at radius 1 is 1.37 bits per heavy atom. The van der Waals surface area contributed by atoms with Crippen molar-refractivity contribution in [2.24, 2.45) is 0 Å². The Labute approximate surface area is 158 Å². The highest BCUT2D eigenvalue weighted by Crippen LogP contribution is 2.47. The van der Waals surface area contributed by atoms with Gasteiger partial charge in [-0.25, -0.2) is 15.0 Å². The molecular formula is C17H27N7O3. The summed E-state index contributed by atoms with van der Waals surface area (Å²) in [4.78, 5) is 15.0. The number of fused-ring (bicyclic) bond motifs is 2. The van der Waals surface area contributed by atoms with Gasteiger partial charge in [-0.2, -0.15) is 0 Å². The van der Waals surface area contributed by atoms with Crippen LogP contribution in [0.1, 0.15) is 13.8 Å². The van der Waals surface area contributed by atoms with Crippen molar-refractivity contribution in [1.82, 2.24) is 29.7 Å². The molecule has 148 valence electrons. The topological polar surface area (TPSA) is 113 Å². The molecule has 0 aromatic carbocycles. The van der Waals surface area contributed by atoms with Crippen LogP contribution in [0.15, 0.2) is 12.7 Å². The van der Waals surface area contributed by atoms with Gasteiger partial charge in [0, 0.05) is 19.6 Å². The van der Waals surface area contributed by atoms with Crippen molar-refractivity contribution in [2.75, 3.05) is 46.1 Å². The molecule has 0 unspecified atom stereocenters.